The number of fused-ring (bicyclic) bond motifs is 1. The molecule has 68 valence electrons. The van der Waals surface area contributed by atoms with E-state index in [1.165, 1.54) is 11.3 Å². The zero-order valence-corrected chi connectivity index (χ0v) is 8.50. The number of nitrogens with one attached hydrogen (secondary N) is 1. The van der Waals surface area contributed by atoms with Gasteiger partial charge in [0.25, 0.3) is 0 Å². The Balaban J connectivity index is 2.83. The number of hydrogen-bond donors (Lipinski definition) is 2. The molecule has 0 aliphatic rings. The van der Waals surface area contributed by atoms with Gasteiger partial charge in [-0.15, -0.1) is 0 Å². The lowest BCUT2D eigenvalue weighted by Gasteiger charge is -1.90. The molecule has 0 bridgehead atoms. The summed E-state index contributed by atoms with van der Waals surface area (Å²) in [5, 5.41) is 9.52. The number of aromatic nitrogens is 3. The summed E-state index contributed by atoms with van der Waals surface area (Å²) in [6.07, 6.45) is 0. The fourth-order valence-electron chi connectivity index (χ4n) is 1.05. The zero-order valence-electron chi connectivity index (χ0n) is 6.87. The molecule has 0 aliphatic carbocycles. The molecular weight excluding hydrogens is 206 g/mol. The van der Waals surface area contributed by atoms with E-state index in [0.717, 1.165) is 10.7 Å². The van der Waals surface area contributed by atoms with Crippen LogP contribution in [0.25, 0.3) is 10.3 Å². The summed E-state index contributed by atoms with van der Waals surface area (Å²) in [4.78, 5) is 12.1. The summed E-state index contributed by atoms with van der Waals surface area (Å²) < 4.78 is 0.582. The summed E-state index contributed by atoms with van der Waals surface area (Å²) in [7, 11) is 0. The molecule has 2 heterocycles. The Hall–Kier alpha value is -0.850. The van der Waals surface area contributed by atoms with Gasteiger partial charge in [0.15, 0.2) is 0 Å². The SMILES string of the molecule is Cc1nc2sc(CO)nc2c(=S)[nH]1. The maximum Gasteiger partial charge on any atom is 0.148 e. The van der Waals surface area contributed by atoms with Gasteiger partial charge in [-0.2, -0.15) is 0 Å². The molecule has 4 nitrogen and oxygen atoms in total. The number of thiazole rings is 1. The van der Waals surface area contributed by atoms with E-state index in [2.05, 4.69) is 15.0 Å². The standard InChI is InChI=1S/C7H7N3OS2/c1-3-8-6(12)5-7(9-3)13-4(2-11)10-5/h11H,2H2,1H3,(H,8,9,12). The summed E-state index contributed by atoms with van der Waals surface area (Å²) >= 11 is 6.44. The van der Waals surface area contributed by atoms with Crippen molar-refractivity contribution in [3.63, 3.8) is 0 Å². The maximum absolute atomic E-state index is 8.87. The lowest BCUT2D eigenvalue weighted by Crippen LogP contribution is -1.87. The molecule has 13 heavy (non-hydrogen) atoms. The molecule has 2 rings (SSSR count). The summed E-state index contributed by atoms with van der Waals surface area (Å²) in [5.41, 5.74) is 0.676. The molecule has 2 aromatic rings. The molecule has 0 fully saturated rings. The van der Waals surface area contributed by atoms with Gasteiger partial charge in [0.1, 0.15) is 25.8 Å². The van der Waals surface area contributed by atoms with Gasteiger partial charge in [0.05, 0.1) is 6.61 Å². The highest BCUT2D eigenvalue weighted by Gasteiger charge is 2.05. The van der Waals surface area contributed by atoms with E-state index in [4.69, 9.17) is 17.3 Å². The van der Waals surface area contributed by atoms with Crippen LogP contribution in [0.1, 0.15) is 10.8 Å². The Morgan fingerprint density at radius 3 is 3.00 bits per heavy atom. The minimum Gasteiger partial charge on any atom is -0.389 e. The van der Waals surface area contributed by atoms with Gasteiger partial charge in [-0.05, 0) is 6.92 Å². The fraction of sp³-hybridized carbons (Fsp3) is 0.286. The van der Waals surface area contributed by atoms with Gasteiger partial charge in [-0.3, -0.25) is 0 Å². The second-order valence-electron chi connectivity index (χ2n) is 2.57. The quantitative estimate of drug-likeness (QED) is 0.705. The summed E-state index contributed by atoms with van der Waals surface area (Å²) in [5.74, 6) is 0.769. The smallest absolute Gasteiger partial charge is 0.148 e. The van der Waals surface area contributed by atoms with Crippen molar-refractivity contribution in [2.45, 2.75) is 13.5 Å². The minimum atomic E-state index is -0.0607. The van der Waals surface area contributed by atoms with Crippen molar-refractivity contribution < 1.29 is 5.11 Å². The molecule has 0 saturated heterocycles. The van der Waals surface area contributed by atoms with Crippen LogP contribution < -0.4 is 0 Å². The van der Waals surface area contributed by atoms with Gasteiger partial charge in [0, 0.05) is 0 Å². The molecule has 2 aromatic heterocycles. The van der Waals surface area contributed by atoms with Crippen LogP contribution in [0.2, 0.25) is 0 Å². The predicted molar refractivity (Wildman–Crippen MR) is 53.3 cm³/mol. The van der Waals surface area contributed by atoms with Gasteiger partial charge >= 0.3 is 0 Å². The molecule has 0 amide bonds. The second-order valence-corrected chi connectivity index (χ2v) is 4.04. The monoisotopic (exact) mass is 213 g/mol. The Morgan fingerprint density at radius 2 is 2.31 bits per heavy atom. The number of H-pyrrole nitrogens is 1. The lowest BCUT2D eigenvalue weighted by molar-refractivity contribution is 0.281. The van der Waals surface area contributed by atoms with Crippen LogP contribution in [-0.4, -0.2) is 20.1 Å². The summed E-state index contributed by atoms with van der Waals surface area (Å²) in [6, 6.07) is 0. The van der Waals surface area contributed by atoms with E-state index in [0.29, 0.717) is 15.2 Å². The van der Waals surface area contributed by atoms with Crippen molar-refractivity contribution in [2.24, 2.45) is 0 Å². The summed E-state index contributed by atoms with van der Waals surface area (Å²) in [6.45, 7) is 1.78. The van der Waals surface area contributed by atoms with Crippen molar-refractivity contribution >= 4 is 33.9 Å². The number of aliphatic hydroxyl groups excluding tert-OH is 1. The molecule has 0 saturated carbocycles. The van der Waals surface area contributed by atoms with Crippen molar-refractivity contribution in [1.82, 2.24) is 15.0 Å². The first-order chi connectivity index (χ1) is 6.20. The number of nitrogens with zero attached hydrogens (tertiary/aromatic N) is 2. The largest absolute Gasteiger partial charge is 0.389 e. The Bertz CT molecular complexity index is 502. The van der Waals surface area contributed by atoms with E-state index in [1.54, 1.807) is 0 Å². The van der Waals surface area contributed by atoms with Crippen molar-refractivity contribution in [3.05, 3.63) is 15.5 Å². The highest BCUT2D eigenvalue weighted by atomic mass is 32.1. The van der Waals surface area contributed by atoms with Gasteiger partial charge in [-0.25, -0.2) is 9.97 Å². The fourth-order valence-corrected chi connectivity index (χ4v) is 2.26. The predicted octanol–water partition coefficient (Wildman–Crippen LogP) is 1.55. The van der Waals surface area contributed by atoms with E-state index in [1.807, 2.05) is 6.92 Å². The van der Waals surface area contributed by atoms with Crippen molar-refractivity contribution in [2.75, 3.05) is 0 Å². The van der Waals surface area contributed by atoms with E-state index in [9.17, 15) is 0 Å². The van der Waals surface area contributed by atoms with E-state index >= 15 is 0 Å². The number of hydrogen-bond acceptors (Lipinski definition) is 5. The highest BCUT2D eigenvalue weighted by molar-refractivity contribution is 7.71. The molecule has 0 unspecified atom stereocenters. The van der Waals surface area contributed by atoms with Gasteiger partial charge in [-0.1, -0.05) is 23.6 Å². The molecule has 0 radical (unpaired) electrons. The van der Waals surface area contributed by atoms with Gasteiger partial charge in [0.2, 0.25) is 0 Å². The third-order valence-electron chi connectivity index (χ3n) is 1.57. The van der Waals surface area contributed by atoms with Crippen LogP contribution in [0.4, 0.5) is 0 Å². The molecule has 2 N–H and O–H groups in total. The van der Waals surface area contributed by atoms with Crippen molar-refractivity contribution in [1.29, 1.82) is 0 Å². The van der Waals surface area contributed by atoms with E-state index < -0.39 is 0 Å². The first-order valence-corrected chi connectivity index (χ1v) is 4.90. The van der Waals surface area contributed by atoms with Crippen LogP contribution in [0.5, 0.6) is 0 Å². The first kappa shape index (κ1) is 8.74. The Labute approximate surface area is 83.3 Å². The normalized spacial score (nSPS) is 10.9. The number of aromatic amines is 1. The van der Waals surface area contributed by atoms with Crippen LogP contribution in [0.3, 0.4) is 0 Å². The van der Waals surface area contributed by atoms with E-state index in [-0.39, 0.29) is 6.61 Å². The number of aliphatic hydroxyl groups is 1. The molecule has 0 spiro atoms. The lowest BCUT2D eigenvalue weighted by atomic mass is 10.5. The topological polar surface area (TPSA) is 61.8 Å². The second kappa shape index (κ2) is 3.13. The molecule has 6 heteroatoms. The molecule has 0 atom stereocenters. The first-order valence-electron chi connectivity index (χ1n) is 3.68. The van der Waals surface area contributed by atoms with Crippen LogP contribution in [-0.2, 0) is 6.61 Å². The Kier molecular flexibility index (Phi) is 2.10. The third-order valence-corrected chi connectivity index (χ3v) is 2.80. The molecule has 0 aliphatic heterocycles. The molecular formula is C7H7N3OS2. The zero-order chi connectivity index (χ0) is 9.42. The average Bonchev–Trinajstić information content (AvgIpc) is 2.47. The van der Waals surface area contributed by atoms with Crippen molar-refractivity contribution in [3.8, 4) is 0 Å². The number of rotatable bonds is 1. The van der Waals surface area contributed by atoms with Crippen LogP contribution in [0, 0.1) is 11.6 Å². The van der Waals surface area contributed by atoms with Gasteiger partial charge < -0.3 is 10.1 Å². The maximum atomic E-state index is 8.87. The van der Waals surface area contributed by atoms with Crippen LogP contribution in [0.15, 0.2) is 0 Å². The van der Waals surface area contributed by atoms with Crippen LogP contribution >= 0.6 is 23.6 Å². The minimum absolute atomic E-state index is 0.0607. The highest BCUT2D eigenvalue weighted by Crippen LogP contribution is 2.20. The number of aryl methyl sites for hydroxylation is 1. The molecule has 0 aromatic carbocycles. The third kappa shape index (κ3) is 1.48. The Morgan fingerprint density at radius 1 is 1.54 bits per heavy atom. The average molecular weight is 213 g/mol.